The third-order valence-corrected chi connectivity index (χ3v) is 4.68. The van der Waals surface area contributed by atoms with Gasteiger partial charge in [0.2, 0.25) is 0 Å². The smallest absolute Gasteiger partial charge is 0.317 e. The molecule has 1 aromatic heterocycles. The van der Waals surface area contributed by atoms with E-state index in [1.807, 2.05) is 7.05 Å². The van der Waals surface area contributed by atoms with Crippen LogP contribution in [0, 0.1) is 5.41 Å². The predicted octanol–water partition coefficient (Wildman–Crippen LogP) is 2.13. The summed E-state index contributed by atoms with van der Waals surface area (Å²) in [6.07, 6.45) is 0. The van der Waals surface area contributed by atoms with Gasteiger partial charge in [-0.3, -0.25) is 9.69 Å². The standard InChI is InChI=1S/C12H16BrNO3S/c1-14(4-10-3-9(13)5-18-10)6-12(7-17-8-12)11(15)16-2/h3,5H,4,6-8H2,1-2H3. The third-order valence-electron chi connectivity index (χ3n) is 3.00. The summed E-state index contributed by atoms with van der Waals surface area (Å²) in [5.41, 5.74) is -0.474. The quantitative estimate of drug-likeness (QED) is 0.774. The number of methoxy groups -OCH3 is 1. The lowest BCUT2D eigenvalue weighted by atomic mass is 9.85. The minimum atomic E-state index is -0.474. The van der Waals surface area contributed by atoms with Gasteiger partial charge in [-0.05, 0) is 29.0 Å². The van der Waals surface area contributed by atoms with Crippen LogP contribution in [0.1, 0.15) is 4.88 Å². The largest absolute Gasteiger partial charge is 0.468 e. The van der Waals surface area contributed by atoms with E-state index in [2.05, 4.69) is 32.3 Å². The Hall–Kier alpha value is -0.430. The van der Waals surface area contributed by atoms with Crippen molar-refractivity contribution in [3.63, 3.8) is 0 Å². The topological polar surface area (TPSA) is 38.8 Å². The number of thiophene rings is 1. The first kappa shape index (κ1) is 14.0. The molecule has 2 rings (SSSR count). The Kier molecular flexibility index (Phi) is 4.42. The number of carbonyl (C=O) groups is 1. The highest BCUT2D eigenvalue weighted by Gasteiger charge is 2.47. The monoisotopic (exact) mass is 333 g/mol. The van der Waals surface area contributed by atoms with Crippen LogP contribution < -0.4 is 0 Å². The van der Waals surface area contributed by atoms with E-state index in [9.17, 15) is 4.79 Å². The van der Waals surface area contributed by atoms with Crippen LogP contribution in [-0.4, -0.2) is 44.8 Å². The molecule has 0 unspecified atom stereocenters. The Labute approximate surface area is 119 Å². The lowest BCUT2D eigenvalue weighted by molar-refractivity contribution is -0.186. The van der Waals surface area contributed by atoms with Gasteiger partial charge >= 0.3 is 5.97 Å². The van der Waals surface area contributed by atoms with Crippen LogP contribution >= 0.6 is 27.3 Å². The fraction of sp³-hybridized carbons (Fsp3) is 0.583. The van der Waals surface area contributed by atoms with Gasteiger partial charge in [-0.2, -0.15) is 0 Å². The Balaban J connectivity index is 1.94. The minimum absolute atomic E-state index is 0.173. The summed E-state index contributed by atoms with van der Waals surface area (Å²) in [5, 5.41) is 2.06. The number of ether oxygens (including phenoxy) is 2. The first-order chi connectivity index (χ1) is 8.55. The van der Waals surface area contributed by atoms with Crippen molar-refractivity contribution in [3.8, 4) is 0 Å². The van der Waals surface area contributed by atoms with Crippen molar-refractivity contribution in [1.29, 1.82) is 0 Å². The second kappa shape index (κ2) is 5.69. The Morgan fingerprint density at radius 2 is 2.39 bits per heavy atom. The molecule has 0 N–H and O–H groups in total. The maximum absolute atomic E-state index is 11.8. The van der Waals surface area contributed by atoms with Crippen molar-refractivity contribution >= 4 is 33.2 Å². The van der Waals surface area contributed by atoms with Crippen LogP contribution in [0.25, 0.3) is 0 Å². The van der Waals surface area contributed by atoms with E-state index < -0.39 is 5.41 Å². The maximum Gasteiger partial charge on any atom is 0.317 e. The van der Waals surface area contributed by atoms with Crippen molar-refractivity contribution in [1.82, 2.24) is 4.90 Å². The summed E-state index contributed by atoms with van der Waals surface area (Å²) in [7, 11) is 3.44. The number of rotatable bonds is 5. The van der Waals surface area contributed by atoms with Gasteiger partial charge in [0.1, 0.15) is 5.41 Å². The number of hydrogen-bond donors (Lipinski definition) is 0. The van der Waals surface area contributed by atoms with Crippen molar-refractivity contribution in [2.45, 2.75) is 6.54 Å². The number of halogens is 1. The number of carbonyl (C=O) groups excluding carboxylic acids is 1. The Morgan fingerprint density at radius 3 is 2.83 bits per heavy atom. The zero-order chi connectivity index (χ0) is 13.2. The van der Waals surface area contributed by atoms with Crippen LogP contribution in [-0.2, 0) is 20.8 Å². The summed E-state index contributed by atoms with van der Waals surface area (Å²) < 4.78 is 11.1. The average molecular weight is 334 g/mol. The van der Waals surface area contributed by atoms with Gasteiger partial charge in [0.15, 0.2) is 0 Å². The van der Waals surface area contributed by atoms with E-state index in [0.717, 1.165) is 11.0 Å². The SMILES string of the molecule is COC(=O)C1(CN(C)Cc2cc(Br)cs2)COC1. The normalized spacial score (nSPS) is 17.6. The van der Waals surface area contributed by atoms with Crippen LogP contribution in [0.4, 0.5) is 0 Å². The molecule has 0 amide bonds. The van der Waals surface area contributed by atoms with Gasteiger partial charge in [0.05, 0.1) is 20.3 Å². The molecule has 0 atom stereocenters. The molecule has 0 aliphatic carbocycles. The molecule has 6 heteroatoms. The van der Waals surface area contributed by atoms with Gasteiger partial charge in [-0.1, -0.05) is 0 Å². The summed E-state index contributed by atoms with van der Waals surface area (Å²) in [6, 6.07) is 2.10. The maximum atomic E-state index is 11.8. The third kappa shape index (κ3) is 2.93. The van der Waals surface area contributed by atoms with E-state index in [4.69, 9.17) is 9.47 Å². The second-order valence-corrected chi connectivity index (χ2v) is 6.58. The van der Waals surface area contributed by atoms with Crippen molar-refractivity contribution in [3.05, 3.63) is 20.8 Å². The molecule has 18 heavy (non-hydrogen) atoms. The molecule has 0 spiro atoms. The van der Waals surface area contributed by atoms with E-state index in [1.165, 1.54) is 12.0 Å². The summed E-state index contributed by atoms with van der Waals surface area (Å²) in [5.74, 6) is -0.173. The highest BCUT2D eigenvalue weighted by molar-refractivity contribution is 9.10. The zero-order valence-electron chi connectivity index (χ0n) is 10.4. The molecule has 1 aliphatic heterocycles. The van der Waals surface area contributed by atoms with Crippen LogP contribution in [0.3, 0.4) is 0 Å². The molecule has 100 valence electrons. The zero-order valence-corrected chi connectivity index (χ0v) is 12.8. The first-order valence-corrected chi connectivity index (χ1v) is 7.31. The van der Waals surface area contributed by atoms with Gasteiger partial charge in [-0.25, -0.2) is 0 Å². The molecule has 0 saturated carbocycles. The van der Waals surface area contributed by atoms with Crippen molar-refractivity contribution in [2.75, 3.05) is 33.9 Å². The number of nitrogens with zero attached hydrogens (tertiary/aromatic N) is 1. The van der Waals surface area contributed by atoms with Gasteiger partial charge in [-0.15, -0.1) is 11.3 Å². The van der Waals surface area contributed by atoms with E-state index >= 15 is 0 Å². The summed E-state index contributed by atoms with van der Waals surface area (Å²) >= 11 is 5.15. The molecule has 2 heterocycles. The lowest BCUT2D eigenvalue weighted by Gasteiger charge is -2.40. The molecular weight excluding hydrogens is 318 g/mol. The molecule has 0 bridgehead atoms. The van der Waals surface area contributed by atoms with Crippen molar-refractivity contribution < 1.29 is 14.3 Å². The van der Waals surface area contributed by atoms with Gasteiger partial charge in [0, 0.05) is 27.8 Å². The fourth-order valence-corrected chi connectivity index (χ4v) is 3.64. The Bertz CT molecular complexity index is 431. The molecule has 1 fully saturated rings. The molecule has 1 aliphatic rings. The van der Waals surface area contributed by atoms with E-state index in [0.29, 0.717) is 19.8 Å². The first-order valence-electron chi connectivity index (χ1n) is 5.63. The predicted molar refractivity (Wildman–Crippen MR) is 73.6 cm³/mol. The number of hydrogen-bond acceptors (Lipinski definition) is 5. The van der Waals surface area contributed by atoms with Gasteiger partial charge in [0.25, 0.3) is 0 Å². The summed E-state index contributed by atoms with van der Waals surface area (Å²) in [6.45, 7) is 2.40. The molecule has 1 aromatic rings. The molecule has 1 saturated heterocycles. The van der Waals surface area contributed by atoms with E-state index in [1.54, 1.807) is 11.3 Å². The number of esters is 1. The van der Waals surface area contributed by atoms with Crippen LogP contribution in [0.15, 0.2) is 15.9 Å². The van der Waals surface area contributed by atoms with Crippen LogP contribution in [0.2, 0.25) is 0 Å². The van der Waals surface area contributed by atoms with Crippen molar-refractivity contribution in [2.24, 2.45) is 5.41 Å². The lowest BCUT2D eigenvalue weighted by Crippen LogP contribution is -2.55. The van der Waals surface area contributed by atoms with E-state index in [-0.39, 0.29) is 5.97 Å². The molecule has 4 nitrogen and oxygen atoms in total. The molecule has 0 aromatic carbocycles. The molecular formula is C12H16BrNO3S. The Morgan fingerprint density at radius 1 is 1.67 bits per heavy atom. The van der Waals surface area contributed by atoms with Crippen LogP contribution in [0.5, 0.6) is 0 Å². The highest BCUT2D eigenvalue weighted by Crippen LogP contribution is 2.31. The average Bonchev–Trinajstić information content (AvgIpc) is 2.68. The summed E-state index contributed by atoms with van der Waals surface area (Å²) in [4.78, 5) is 15.2. The highest BCUT2D eigenvalue weighted by atomic mass is 79.9. The second-order valence-electron chi connectivity index (χ2n) is 4.67. The minimum Gasteiger partial charge on any atom is -0.468 e. The van der Waals surface area contributed by atoms with Gasteiger partial charge < -0.3 is 9.47 Å². The fourth-order valence-electron chi connectivity index (χ4n) is 2.11. The molecule has 0 radical (unpaired) electrons.